The van der Waals surface area contributed by atoms with E-state index in [0.29, 0.717) is 6.54 Å². The van der Waals surface area contributed by atoms with Crippen molar-refractivity contribution < 1.29 is 5.11 Å². The second-order valence-electron chi connectivity index (χ2n) is 5.03. The van der Waals surface area contributed by atoms with E-state index in [9.17, 15) is 5.11 Å². The number of rotatable bonds is 2. The average molecular weight is 255 g/mol. The number of benzene rings is 1. The number of hydrogen-bond acceptors (Lipinski definition) is 4. The first kappa shape index (κ1) is 12.1. The standard InChI is InChI=1S/C15H17N3O/c1-11-2-4-12(5-3-11)14-6-7-15(17-16-14)18-9-8-13(19)10-18/h2-7,13,19H,8-10H2,1H3. The molecule has 1 saturated heterocycles. The fourth-order valence-electron chi connectivity index (χ4n) is 2.32. The van der Waals surface area contributed by atoms with Crippen LogP contribution in [0.25, 0.3) is 11.3 Å². The molecule has 0 spiro atoms. The van der Waals surface area contributed by atoms with E-state index in [-0.39, 0.29) is 6.10 Å². The number of aromatic nitrogens is 2. The summed E-state index contributed by atoms with van der Waals surface area (Å²) in [5, 5.41) is 18.1. The zero-order valence-electron chi connectivity index (χ0n) is 11.0. The smallest absolute Gasteiger partial charge is 0.151 e. The maximum Gasteiger partial charge on any atom is 0.151 e. The fraction of sp³-hybridized carbons (Fsp3) is 0.333. The van der Waals surface area contributed by atoms with Crippen molar-refractivity contribution in [2.75, 3.05) is 18.0 Å². The van der Waals surface area contributed by atoms with Crippen LogP contribution >= 0.6 is 0 Å². The summed E-state index contributed by atoms with van der Waals surface area (Å²) in [6, 6.07) is 12.2. The maximum absolute atomic E-state index is 9.53. The SMILES string of the molecule is Cc1ccc(-c2ccc(N3CCC(O)C3)nn2)cc1. The van der Waals surface area contributed by atoms with Gasteiger partial charge in [0, 0.05) is 18.7 Å². The normalized spacial score (nSPS) is 18.8. The highest BCUT2D eigenvalue weighted by molar-refractivity contribution is 5.60. The first-order valence-corrected chi connectivity index (χ1v) is 6.56. The summed E-state index contributed by atoms with van der Waals surface area (Å²) in [5.41, 5.74) is 3.19. The van der Waals surface area contributed by atoms with Gasteiger partial charge in [0.2, 0.25) is 0 Å². The number of β-amino-alcohol motifs (C(OH)–C–C–N with tert-alkyl or cyclic N) is 1. The van der Waals surface area contributed by atoms with Gasteiger partial charge in [-0.25, -0.2) is 0 Å². The molecule has 3 rings (SSSR count). The number of aryl methyl sites for hydroxylation is 1. The molecule has 19 heavy (non-hydrogen) atoms. The van der Waals surface area contributed by atoms with E-state index in [2.05, 4.69) is 46.3 Å². The van der Waals surface area contributed by atoms with Crippen LogP contribution in [0.4, 0.5) is 5.82 Å². The molecule has 4 nitrogen and oxygen atoms in total. The zero-order chi connectivity index (χ0) is 13.2. The van der Waals surface area contributed by atoms with E-state index in [1.54, 1.807) is 0 Å². The minimum atomic E-state index is -0.237. The lowest BCUT2D eigenvalue weighted by molar-refractivity contribution is 0.198. The molecule has 1 unspecified atom stereocenters. The topological polar surface area (TPSA) is 49.2 Å². The van der Waals surface area contributed by atoms with E-state index in [1.807, 2.05) is 12.1 Å². The van der Waals surface area contributed by atoms with Crippen LogP contribution in [0.3, 0.4) is 0 Å². The van der Waals surface area contributed by atoms with E-state index in [0.717, 1.165) is 30.0 Å². The summed E-state index contributed by atoms with van der Waals surface area (Å²) in [5.74, 6) is 0.840. The van der Waals surface area contributed by atoms with Gasteiger partial charge in [-0.05, 0) is 25.5 Å². The van der Waals surface area contributed by atoms with E-state index < -0.39 is 0 Å². The van der Waals surface area contributed by atoms with Crippen molar-refractivity contribution in [3.63, 3.8) is 0 Å². The summed E-state index contributed by atoms with van der Waals surface area (Å²) in [4.78, 5) is 2.07. The Morgan fingerprint density at radius 3 is 2.47 bits per heavy atom. The van der Waals surface area contributed by atoms with Crippen molar-refractivity contribution in [2.24, 2.45) is 0 Å². The predicted octanol–water partition coefficient (Wildman–Crippen LogP) is 2.02. The Morgan fingerprint density at radius 2 is 1.89 bits per heavy atom. The molecule has 1 fully saturated rings. The Hall–Kier alpha value is -1.94. The van der Waals surface area contributed by atoms with Crippen LogP contribution in [0.2, 0.25) is 0 Å². The minimum Gasteiger partial charge on any atom is -0.391 e. The number of aliphatic hydroxyl groups excluding tert-OH is 1. The zero-order valence-corrected chi connectivity index (χ0v) is 11.0. The monoisotopic (exact) mass is 255 g/mol. The summed E-state index contributed by atoms with van der Waals surface area (Å²) in [6.45, 7) is 3.57. The van der Waals surface area contributed by atoms with E-state index in [4.69, 9.17) is 0 Å². The molecule has 1 aliphatic heterocycles. The van der Waals surface area contributed by atoms with Crippen LogP contribution < -0.4 is 4.90 Å². The highest BCUT2D eigenvalue weighted by atomic mass is 16.3. The molecule has 98 valence electrons. The molecule has 0 bridgehead atoms. The van der Waals surface area contributed by atoms with Gasteiger partial charge in [-0.1, -0.05) is 29.8 Å². The van der Waals surface area contributed by atoms with Gasteiger partial charge in [0.1, 0.15) is 0 Å². The van der Waals surface area contributed by atoms with Gasteiger partial charge >= 0.3 is 0 Å². The molecule has 1 N–H and O–H groups in total. The molecule has 1 aromatic carbocycles. The van der Waals surface area contributed by atoms with Crippen molar-refractivity contribution in [3.05, 3.63) is 42.0 Å². The number of aliphatic hydroxyl groups is 1. The van der Waals surface area contributed by atoms with Crippen molar-refractivity contribution in [2.45, 2.75) is 19.4 Å². The number of anilines is 1. The molecule has 1 aromatic heterocycles. The van der Waals surface area contributed by atoms with Gasteiger partial charge in [-0.3, -0.25) is 0 Å². The Kier molecular flexibility index (Phi) is 3.17. The van der Waals surface area contributed by atoms with Crippen LogP contribution in [-0.2, 0) is 0 Å². The number of nitrogens with zero attached hydrogens (tertiary/aromatic N) is 3. The van der Waals surface area contributed by atoms with Crippen LogP contribution in [-0.4, -0.2) is 34.5 Å². The lowest BCUT2D eigenvalue weighted by Crippen LogP contribution is -2.22. The van der Waals surface area contributed by atoms with Crippen molar-refractivity contribution >= 4 is 5.82 Å². The average Bonchev–Trinajstić information content (AvgIpc) is 2.87. The quantitative estimate of drug-likeness (QED) is 0.892. The molecule has 4 heteroatoms. The van der Waals surface area contributed by atoms with E-state index >= 15 is 0 Å². The van der Waals surface area contributed by atoms with Crippen LogP contribution in [0.15, 0.2) is 36.4 Å². The predicted molar refractivity (Wildman–Crippen MR) is 75.0 cm³/mol. The summed E-state index contributed by atoms with van der Waals surface area (Å²) in [7, 11) is 0. The summed E-state index contributed by atoms with van der Waals surface area (Å²) < 4.78 is 0. The molecule has 0 radical (unpaired) electrons. The van der Waals surface area contributed by atoms with Crippen LogP contribution in [0.1, 0.15) is 12.0 Å². The molecule has 1 atom stereocenters. The first-order valence-electron chi connectivity index (χ1n) is 6.56. The van der Waals surface area contributed by atoms with Crippen molar-refractivity contribution in [3.8, 4) is 11.3 Å². The fourth-order valence-corrected chi connectivity index (χ4v) is 2.32. The Balaban J connectivity index is 1.80. The second kappa shape index (κ2) is 4.97. The minimum absolute atomic E-state index is 0.237. The third-order valence-corrected chi connectivity index (χ3v) is 3.49. The largest absolute Gasteiger partial charge is 0.391 e. The van der Waals surface area contributed by atoms with Crippen LogP contribution in [0.5, 0.6) is 0 Å². The van der Waals surface area contributed by atoms with Crippen molar-refractivity contribution in [1.82, 2.24) is 10.2 Å². The molecule has 2 heterocycles. The Morgan fingerprint density at radius 1 is 1.11 bits per heavy atom. The molecular formula is C15H17N3O. The van der Waals surface area contributed by atoms with Crippen molar-refractivity contribution in [1.29, 1.82) is 0 Å². The molecule has 2 aromatic rings. The molecule has 1 aliphatic rings. The van der Waals surface area contributed by atoms with Gasteiger partial charge in [0.15, 0.2) is 5.82 Å². The van der Waals surface area contributed by atoms with Gasteiger partial charge in [-0.15, -0.1) is 10.2 Å². The number of hydrogen-bond donors (Lipinski definition) is 1. The third-order valence-electron chi connectivity index (χ3n) is 3.49. The lowest BCUT2D eigenvalue weighted by atomic mass is 10.1. The Bertz CT molecular complexity index is 551. The van der Waals surface area contributed by atoms with Crippen LogP contribution in [0, 0.1) is 6.92 Å². The molecule has 0 aliphatic carbocycles. The first-order chi connectivity index (χ1) is 9.22. The highest BCUT2D eigenvalue weighted by Gasteiger charge is 2.21. The summed E-state index contributed by atoms with van der Waals surface area (Å²) >= 11 is 0. The Labute approximate surface area is 112 Å². The van der Waals surface area contributed by atoms with Gasteiger partial charge in [-0.2, -0.15) is 0 Å². The second-order valence-corrected chi connectivity index (χ2v) is 5.03. The lowest BCUT2D eigenvalue weighted by Gasteiger charge is -2.15. The third kappa shape index (κ3) is 2.58. The summed E-state index contributed by atoms with van der Waals surface area (Å²) in [6.07, 6.45) is 0.570. The molecule has 0 saturated carbocycles. The molecular weight excluding hydrogens is 238 g/mol. The van der Waals surface area contributed by atoms with Gasteiger partial charge in [0.05, 0.1) is 11.8 Å². The van der Waals surface area contributed by atoms with E-state index in [1.165, 1.54) is 5.56 Å². The molecule has 0 amide bonds. The highest BCUT2D eigenvalue weighted by Crippen LogP contribution is 2.21. The maximum atomic E-state index is 9.53. The van der Waals surface area contributed by atoms with Gasteiger partial charge in [0.25, 0.3) is 0 Å². The van der Waals surface area contributed by atoms with Gasteiger partial charge < -0.3 is 10.0 Å².